The van der Waals surface area contributed by atoms with Crippen molar-refractivity contribution in [3.05, 3.63) is 42.5 Å². The van der Waals surface area contributed by atoms with Gasteiger partial charge < -0.3 is 0 Å². The molecule has 4 heteroatoms. The Hall–Kier alpha value is -1.42. The zero-order chi connectivity index (χ0) is 11.2. The van der Waals surface area contributed by atoms with Gasteiger partial charge in [-0.3, -0.25) is 4.99 Å². The molecule has 0 aromatic heterocycles. The van der Waals surface area contributed by atoms with E-state index in [1.807, 2.05) is 18.2 Å². The Kier molecular flexibility index (Phi) is 2.01. The molecule has 1 aromatic rings. The normalized spacial score (nSPS) is 27.1. The Labute approximate surface area is 94.4 Å². The smallest absolute Gasteiger partial charge is 0.220 e. The molecule has 2 aliphatic rings. The molecule has 3 nitrogen and oxygen atoms in total. The lowest BCUT2D eigenvalue weighted by molar-refractivity contribution is 0.605. The highest BCUT2D eigenvalue weighted by molar-refractivity contribution is 8.06. The standard InChI is InChI=1S/C12H11NO2S/c14-16(15,11-4-2-1-3-5-11)12-9-6-7-10(8-9)13-12/h1-7,9-10H,8H2/t9-,10+/m1/s1. The third-order valence-corrected chi connectivity index (χ3v) is 4.85. The van der Waals surface area contributed by atoms with Crippen molar-refractivity contribution in [2.75, 3.05) is 0 Å². The van der Waals surface area contributed by atoms with Crippen LogP contribution in [0.15, 0.2) is 52.4 Å². The largest absolute Gasteiger partial charge is 0.269 e. The highest BCUT2D eigenvalue weighted by Gasteiger charge is 2.38. The molecular weight excluding hydrogens is 222 g/mol. The van der Waals surface area contributed by atoms with Crippen LogP contribution in [0.3, 0.4) is 0 Å². The number of nitrogens with zero attached hydrogens (tertiary/aromatic N) is 1. The molecule has 1 heterocycles. The van der Waals surface area contributed by atoms with E-state index in [1.54, 1.807) is 24.3 Å². The average molecular weight is 233 g/mol. The Morgan fingerprint density at radius 1 is 1.12 bits per heavy atom. The van der Waals surface area contributed by atoms with Crippen molar-refractivity contribution >= 4 is 14.9 Å². The first-order valence-electron chi connectivity index (χ1n) is 5.24. The number of fused-ring (bicyclic) bond motifs is 2. The summed E-state index contributed by atoms with van der Waals surface area (Å²) in [6.07, 6.45) is 4.75. The summed E-state index contributed by atoms with van der Waals surface area (Å²) in [5, 5.41) is 0.339. The summed E-state index contributed by atoms with van der Waals surface area (Å²) in [7, 11) is -3.37. The molecule has 1 aliphatic heterocycles. The van der Waals surface area contributed by atoms with Gasteiger partial charge in [-0.05, 0) is 18.6 Å². The number of rotatable bonds is 1. The van der Waals surface area contributed by atoms with Crippen LogP contribution < -0.4 is 0 Å². The summed E-state index contributed by atoms with van der Waals surface area (Å²) in [6.45, 7) is 0. The molecule has 1 aromatic carbocycles. The second-order valence-electron chi connectivity index (χ2n) is 4.08. The molecule has 1 aliphatic carbocycles. The molecule has 0 radical (unpaired) electrons. The summed E-state index contributed by atoms with van der Waals surface area (Å²) in [6, 6.07) is 8.59. The van der Waals surface area contributed by atoms with Crippen LogP contribution in [-0.4, -0.2) is 19.5 Å². The minimum absolute atomic E-state index is 0.00444. The predicted molar refractivity (Wildman–Crippen MR) is 62.1 cm³/mol. The van der Waals surface area contributed by atoms with E-state index in [0.29, 0.717) is 9.94 Å². The molecule has 0 saturated carbocycles. The maximum atomic E-state index is 12.3. The molecule has 0 spiro atoms. The zero-order valence-corrected chi connectivity index (χ0v) is 9.39. The summed E-state index contributed by atoms with van der Waals surface area (Å²) in [4.78, 5) is 4.59. The highest BCUT2D eigenvalue weighted by atomic mass is 32.2. The predicted octanol–water partition coefficient (Wildman–Crippen LogP) is 1.82. The molecule has 0 unspecified atom stereocenters. The van der Waals surface area contributed by atoms with Crippen molar-refractivity contribution in [1.29, 1.82) is 0 Å². The lowest BCUT2D eigenvalue weighted by Gasteiger charge is -2.09. The topological polar surface area (TPSA) is 46.5 Å². The van der Waals surface area contributed by atoms with Crippen LogP contribution in [0.25, 0.3) is 0 Å². The Morgan fingerprint density at radius 2 is 1.88 bits per heavy atom. The van der Waals surface area contributed by atoms with Crippen LogP contribution >= 0.6 is 0 Å². The molecule has 3 rings (SSSR count). The molecular formula is C12H11NO2S. The number of hydrogen-bond acceptors (Lipinski definition) is 3. The fraction of sp³-hybridized carbons (Fsp3) is 0.250. The summed E-state index contributed by atoms with van der Waals surface area (Å²) in [5.74, 6) is -0.00444. The van der Waals surface area contributed by atoms with Gasteiger partial charge in [-0.25, -0.2) is 8.42 Å². The maximum absolute atomic E-state index is 12.3. The van der Waals surface area contributed by atoms with Crippen LogP contribution in [0.2, 0.25) is 0 Å². The van der Waals surface area contributed by atoms with Gasteiger partial charge in [0.15, 0.2) is 0 Å². The van der Waals surface area contributed by atoms with Gasteiger partial charge in [0, 0.05) is 5.92 Å². The molecule has 0 N–H and O–H groups in total. The van der Waals surface area contributed by atoms with E-state index in [2.05, 4.69) is 4.99 Å². The lowest BCUT2D eigenvalue weighted by atomic mass is 10.2. The van der Waals surface area contributed by atoms with E-state index in [9.17, 15) is 8.42 Å². The number of dihydropyridines is 1. The molecule has 0 amide bonds. The molecule has 0 fully saturated rings. The molecule has 2 atom stereocenters. The Balaban J connectivity index is 2.05. The second kappa shape index (κ2) is 3.28. The zero-order valence-electron chi connectivity index (χ0n) is 8.58. The summed E-state index contributed by atoms with van der Waals surface area (Å²) >= 11 is 0. The van der Waals surface area contributed by atoms with Crippen molar-refractivity contribution in [3.63, 3.8) is 0 Å². The third kappa shape index (κ3) is 1.33. The van der Waals surface area contributed by atoms with Gasteiger partial charge in [0.25, 0.3) is 0 Å². The van der Waals surface area contributed by atoms with Crippen LogP contribution in [-0.2, 0) is 9.84 Å². The van der Waals surface area contributed by atoms with Gasteiger partial charge >= 0.3 is 0 Å². The van der Waals surface area contributed by atoms with Gasteiger partial charge in [-0.1, -0.05) is 30.4 Å². The van der Waals surface area contributed by atoms with Crippen LogP contribution in [0.5, 0.6) is 0 Å². The van der Waals surface area contributed by atoms with Gasteiger partial charge in [0.1, 0.15) is 5.04 Å². The van der Waals surface area contributed by atoms with Crippen molar-refractivity contribution < 1.29 is 8.42 Å². The van der Waals surface area contributed by atoms with Gasteiger partial charge in [0.05, 0.1) is 10.9 Å². The molecule has 82 valence electrons. The van der Waals surface area contributed by atoms with Crippen molar-refractivity contribution in [3.8, 4) is 0 Å². The minimum Gasteiger partial charge on any atom is -0.269 e. The number of allylic oxidation sites excluding steroid dienone is 1. The first kappa shape index (κ1) is 9.78. The maximum Gasteiger partial charge on any atom is 0.220 e. The van der Waals surface area contributed by atoms with E-state index in [1.165, 1.54) is 0 Å². The first-order valence-corrected chi connectivity index (χ1v) is 6.72. The van der Waals surface area contributed by atoms with Crippen LogP contribution in [0.1, 0.15) is 6.42 Å². The number of benzene rings is 1. The Bertz CT molecular complexity index is 572. The van der Waals surface area contributed by atoms with E-state index < -0.39 is 9.84 Å². The number of hydrogen-bond donors (Lipinski definition) is 0. The monoisotopic (exact) mass is 233 g/mol. The first-order chi connectivity index (χ1) is 7.68. The minimum atomic E-state index is -3.37. The van der Waals surface area contributed by atoms with Crippen molar-refractivity contribution in [1.82, 2.24) is 0 Å². The lowest BCUT2D eigenvalue weighted by Crippen LogP contribution is -2.20. The highest BCUT2D eigenvalue weighted by Crippen LogP contribution is 2.33. The van der Waals surface area contributed by atoms with Crippen molar-refractivity contribution in [2.24, 2.45) is 10.9 Å². The average Bonchev–Trinajstić information content (AvgIpc) is 2.92. The number of sulfone groups is 1. The van der Waals surface area contributed by atoms with Gasteiger partial charge in [-0.15, -0.1) is 0 Å². The fourth-order valence-corrected chi connectivity index (χ4v) is 3.81. The fourth-order valence-electron chi connectivity index (χ4n) is 2.21. The van der Waals surface area contributed by atoms with E-state index >= 15 is 0 Å². The molecule has 16 heavy (non-hydrogen) atoms. The quantitative estimate of drug-likeness (QED) is 0.694. The SMILES string of the molecule is O=S(=O)(C1=N[C@H]2C=C[C@@H]1C2)c1ccccc1. The third-order valence-electron chi connectivity index (χ3n) is 3.00. The molecule has 0 saturated heterocycles. The summed E-state index contributed by atoms with van der Waals surface area (Å²) in [5.41, 5.74) is 0. The van der Waals surface area contributed by atoms with Gasteiger partial charge in [-0.2, -0.15) is 0 Å². The number of aliphatic imine (C=N–C) groups is 1. The Morgan fingerprint density at radius 3 is 2.44 bits per heavy atom. The van der Waals surface area contributed by atoms with Crippen LogP contribution in [0, 0.1) is 5.92 Å². The van der Waals surface area contributed by atoms with Crippen molar-refractivity contribution in [2.45, 2.75) is 17.4 Å². The van der Waals surface area contributed by atoms with E-state index in [-0.39, 0.29) is 12.0 Å². The van der Waals surface area contributed by atoms with E-state index in [0.717, 1.165) is 6.42 Å². The second-order valence-corrected chi connectivity index (χ2v) is 5.97. The van der Waals surface area contributed by atoms with Gasteiger partial charge in [0.2, 0.25) is 9.84 Å². The van der Waals surface area contributed by atoms with Crippen LogP contribution in [0.4, 0.5) is 0 Å². The van der Waals surface area contributed by atoms with E-state index in [4.69, 9.17) is 0 Å². The molecule has 2 bridgehead atoms. The summed E-state index contributed by atoms with van der Waals surface area (Å²) < 4.78 is 24.5.